The number of carboxylic acids is 1. The molecular formula is C15H13ClN2O2S. The predicted molar refractivity (Wildman–Crippen MR) is 89.4 cm³/mol. The Morgan fingerprint density at radius 1 is 1.14 bits per heavy atom. The van der Waals surface area contributed by atoms with Crippen LogP contribution in [0.5, 0.6) is 0 Å². The molecule has 0 atom stereocenters. The average molecular weight is 321 g/mol. The molecule has 4 nitrogen and oxygen atoms in total. The van der Waals surface area contributed by atoms with Crippen LogP contribution in [0.4, 0.5) is 11.4 Å². The molecule has 0 saturated heterocycles. The van der Waals surface area contributed by atoms with Crippen molar-refractivity contribution in [3.05, 3.63) is 58.6 Å². The van der Waals surface area contributed by atoms with Crippen molar-refractivity contribution < 1.29 is 9.90 Å². The van der Waals surface area contributed by atoms with Crippen LogP contribution in [0, 0.1) is 6.92 Å². The van der Waals surface area contributed by atoms with E-state index in [1.165, 1.54) is 12.1 Å². The lowest BCUT2D eigenvalue weighted by atomic mass is 10.2. The van der Waals surface area contributed by atoms with Crippen molar-refractivity contribution in [2.24, 2.45) is 0 Å². The molecule has 0 aliphatic rings. The Labute approximate surface area is 132 Å². The van der Waals surface area contributed by atoms with E-state index in [2.05, 4.69) is 10.6 Å². The lowest BCUT2D eigenvalue weighted by Crippen LogP contribution is -2.19. The maximum Gasteiger partial charge on any atom is 0.335 e. The van der Waals surface area contributed by atoms with Crippen molar-refractivity contribution in [3.8, 4) is 0 Å². The Kier molecular flexibility index (Phi) is 4.77. The fourth-order valence-electron chi connectivity index (χ4n) is 1.72. The first-order valence-corrected chi connectivity index (χ1v) is 6.92. The van der Waals surface area contributed by atoms with Crippen LogP contribution in [0.1, 0.15) is 15.9 Å². The van der Waals surface area contributed by atoms with E-state index in [1.54, 1.807) is 12.1 Å². The largest absolute Gasteiger partial charge is 0.478 e. The maximum atomic E-state index is 10.8. The van der Waals surface area contributed by atoms with E-state index in [-0.39, 0.29) is 5.56 Å². The zero-order valence-electron chi connectivity index (χ0n) is 11.2. The van der Waals surface area contributed by atoms with Crippen molar-refractivity contribution in [2.75, 3.05) is 10.6 Å². The Morgan fingerprint density at radius 2 is 1.81 bits per heavy atom. The van der Waals surface area contributed by atoms with Gasteiger partial charge in [0.15, 0.2) is 5.11 Å². The third-order valence-corrected chi connectivity index (χ3v) is 3.52. The SMILES string of the molecule is Cc1c(Cl)cccc1NC(=S)Nc1ccc(C(=O)O)cc1. The molecule has 108 valence electrons. The fourth-order valence-corrected chi connectivity index (χ4v) is 2.13. The van der Waals surface area contributed by atoms with Gasteiger partial charge in [0.2, 0.25) is 0 Å². The van der Waals surface area contributed by atoms with Crippen LogP contribution < -0.4 is 10.6 Å². The van der Waals surface area contributed by atoms with Gasteiger partial charge in [-0.25, -0.2) is 4.79 Å². The van der Waals surface area contributed by atoms with Crippen LogP contribution in [0.25, 0.3) is 0 Å². The monoisotopic (exact) mass is 320 g/mol. The number of nitrogens with one attached hydrogen (secondary N) is 2. The summed E-state index contributed by atoms with van der Waals surface area (Å²) < 4.78 is 0. The zero-order chi connectivity index (χ0) is 15.4. The molecule has 0 unspecified atom stereocenters. The fraction of sp³-hybridized carbons (Fsp3) is 0.0667. The summed E-state index contributed by atoms with van der Waals surface area (Å²) in [6.07, 6.45) is 0. The maximum absolute atomic E-state index is 10.8. The third-order valence-electron chi connectivity index (χ3n) is 2.91. The van der Waals surface area contributed by atoms with Gasteiger partial charge in [0.1, 0.15) is 0 Å². The number of carboxylic acid groups (broad SMARTS) is 1. The molecule has 0 amide bonds. The standard InChI is InChI=1S/C15H13ClN2O2S/c1-9-12(16)3-2-4-13(9)18-15(21)17-11-7-5-10(6-8-11)14(19)20/h2-8H,1H3,(H,19,20)(H2,17,18,21). The predicted octanol–water partition coefficient (Wildman–Crippen LogP) is 4.16. The Balaban J connectivity index is 2.04. The summed E-state index contributed by atoms with van der Waals surface area (Å²) in [4.78, 5) is 10.8. The molecule has 2 rings (SSSR count). The summed E-state index contributed by atoms with van der Waals surface area (Å²) in [6, 6.07) is 11.9. The summed E-state index contributed by atoms with van der Waals surface area (Å²) in [5.41, 5.74) is 2.66. The highest BCUT2D eigenvalue weighted by Gasteiger charge is 2.05. The molecule has 6 heteroatoms. The highest BCUT2D eigenvalue weighted by molar-refractivity contribution is 7.80. The van der Waals surface area contributed by atoms with Gasteiger partial charge in [0.25, 0.3) is 0 Å². The number of anilines is 2. The highest BCUT2D eigenvalue weighted by atomic mass is 35.5. The van der Waals surface area contributed by atoms with E-state index in [0.717, 1.165) is 11.3 Å². The first-order valence-electron chi connectivity index (χ1n) is 6.14. The molecule has 0 saturated carbocycles. The van der Waals surface area contributed by atoms with Crippen LogP contribution in [0.15, 0.2) is 42.5 Å². The van der Waals surface area contributed by atoms with E-state index >= 15 is 0 Å². The molecule has 2 aromatic rings. The van der Waals surface area contributed by atoms with E-state index in [9.17, 15) is 4.79 Å². The van der Waals surface area contributed by atoms with Crippen LogP contribution in [0.2, 0.25) is 5.02 Å². The van der Waals surface area contributed by atoms with E-state index in [0.29, 0.717) is 15.8 Å². The van der Waals surface area contributed by atoms with Crippen molar-refractivity contribution in [3.63, 3.8) is 0 Å². The van der Waals surface area contributed by atoms with Crippen LogP contribution >= 0.6 is 23.8 Å². The van der Waals surface area contributed by atoms with Crippen molar-refractivity contribution in [2.45, 2.75) is 6.92 Å². The molecule has 0 aliphatic heterocycles. The zero-order valence-corrected chi connectivity index (χ0v) is 12.8. The molecule has 2 aromatic carbocycles. The number of benzene rings is 2. The van der Waals surface area contributed by atoms with Crippen molar-refractivity contribution in [1.29, 1.82) is 0 Å². The number of halogens is 1. The van der Waals surface area contributed by atoms with Gasteiger partial charge in [-0.05, 0) is 61.1 Å². The number of hydrogen-bond donors (Lipinski definition) is 3. The quantitative estimate of drug-likeness (QED) is 0.741. The van der Waals surface area contributed by atoms with Gasteiger partial charge < -0.3 is 15.7 Å². The average Bonchev–Trinajstić information content (AvgIpc) is 2.44. The molecule has 0 radical (unpaired) electrons. The minimum atomic E-state index is -0.961. The normalized spacial score (nSPS) is 10.0. The minimum absolute atomic E-state index is 0.227. The number of thiocarbonyl (C=S) groups is 1. The molecule has 0 fully saturated rings. The molecule has 0 heterocycles. The summed E-state index contributed by atoms with van der Waals surface area (Å²) in [7, 11) is 0. The van der Waals surface area contributed by atoms with Crippen LogP contribution in [-0.2, 0) is 0 Å². The lowest BCUT2D eigenvalue weighted by Gasteiger charge is -2.13. The van der Waals surface area contributed by atoms with Crippen LogP contribution in [0.3, 0.4) is 0 Å². The summed E-state index contributed by atoms with van der Waals surface area (Å²) in [5.74, 6) is -0.961. The molecule has 0 aliphatic carbocycles. The Bertz CT molecular complexity index is 687. The van der Waals surface area contributed by atoms with E-state index in [4.69, 9.17) is 28.9 Å². The second-order valence-electron chi connectivity index (χ2n) is 4.37. The Hall–Kier alpha value is -2.11. The van der Waals surface area contributed by atoms with Crippen LogP contribution in [-0.4, -0.2) is 16.2 Å². The summed E-state index contributed by atoms with van der Waals surface area (Å²) in [5, 5.41) is 15.9. The number of aromatic carboxylic acids is 1. The van der Waals surface area contributed by atoms with Gasteiger partial charge in [0, 0.05) is 16.4 Å². The summed E-state index contributed by atoms with van der Waals surface area (Å²) >= 11 is 11.3. The smallest absolute Gasteiger partial charge is 0.335 e. The minimum Gasteiger partial charge on any atom is -0.478 e. The van der Waals surface area contributed by atoms with E-state index < -0.39 is 5.97 Å². The molecule has 0 bridgehead atoms. The van der Waals surface area contributed by atoms with Gasteiger partial charge in [-0.15, -0.1) is 0 Å². The first kappa shape index (κ1) is 15.3. The van der Waals surface area contributed by atoms with Crippen molar-refractivity contribution >= 4 is 46.3 Å². The first-order chi connectivity index (χ1) is 9.97. The molecule has 0 aromatic heterocycles. The molecular weight excluding hydrogens is 308 g/mol. The Morgan fingerprint density at radius 3 is 2.43 bits per heavy atom. The highest BCUT2D eigenvalue weighted by Crippen LogP contribution is 2.23. The van der Waals surface area contributed by atoms with Gasteiger partial charge in [-0.1, -0.05) is 17.7 Å². The van der Waals surface area contributed by atoms with Gasteiger partial charge >= 0.3 is 5.97 Å². The lowest BCUT2D eigenvalue weighted by molar-refractivity contribution is 0.0697. The number of rotatable bonds is 3. The topological polar surface area (TPSA) is 61.4 Å². The van der Waals surface area contributed by atoms with E-state index in [1.807, 2.05) is 25.1 Å². The molecule has 0 spiro atoms. The third kappa shape index (κ3) is 3.93. The van der Waals surface area contributed by atoms with Gasteiger partial charge in [0.05, 0.1) is 5.56 Å². The number of carbonyl (C=O) groups is 1. The second kappa shape index (κ2) is 6.56. The van der Waals surface area contributed by atoms with Gasteiger partial charge in [-0.3, -0.25) is 0 Å². The molecule has 21 heavy (non-hydrogen) atoms. The second-order valence-corrected chi connectivity index (χ2v) is 5.19. The van der Waals surface area contributed by atoms with Crippen molar-refractivity contribution in [1.82, 2.24) is 0 Å². The van der Waals surface area contributed by atoms with Gasteiger partial charge in [-0.2, -0.15) is 0 Å². The molecule has 3 N–H and O–H groups in total. The summed E-state index contributed by atoms with van der Waals surface area (Å²) in [6.45, 7) is 1.90. The number of hydrogen-bond acceptors (Lipinski definition) is 2.